The van der Waals surface area contributed by atoms with Gasteiger partial charge < -0.3 is 14.8 Å². The lowest BCUT2D eigenvalue weighted by Gasteiger charge is -2.30. The maximum absolute atomic E-state index is 11.8. The summed E-state index contributed by atoms with van der Waals surface area (Å²) in [6.07, 6.45) is 4.18. The number of likely N-dealkylation sites (tertiary alicyclic amines) is 1. The molecule has 110 valence electrons. The number of rotatable bonds is 5. The van der Waals surface area contributed by atoms with Crippen molar-refractivity contribution in [2.24, 2.45) is 5.92 Å². The normalized spacial score (nSPS) is 19.8. The molecule has 5 heteroatoms. The van der Waals surface area contributed by atoms with E-state index in [0.717, 1.165) is 25.6 Å². The zero-order valence-corrected chi connectivity index (χ0v) is 12.0. The number of nitrogens with one attached hydrogen (secondary N) is 1. The molecule has 2 rings (SSSR count). The predicted molar refractivity (Wildman–Crippen MR) is 78.5 cm³/mol. The molecule has 0 radical (unpaired) electrons. The first-order valence-corrected chi connectivity index (χ1v) is 7.29. The van der Waals surface area contributed by atoms with Crippen molar-refractivity contribution in [3.63, 3.8) is 0 Å². The zero-order chi connectivity index (χ0) is 14.4. The molecule has 0 saturated carbocycles. The second-order valence-corrected chi connectivity index (χ2v) is 5.56. The van der Waals surface area contributed by atoms with Crippen molar-refractivity contribution >= 4 is 5.91 Å². The van der Waals surface area contributed by atoms with E-state index in [1.807, 2.05) is 0 Å². The summed E-state index contributed by atoms with van der Waals surface area (Å²) in [6, 6.07) is 4.89. The van der Waals surface area contributed by atoms with Crippen molar-refractivity contribution in [2.75, 3.05) is 26.2 Å². The van der Waals surface area contributed by atoms with Gasteiger partial charge >= 0.3 is 0 Å². The molecule has 1 saturated heterocycles. The summed E-state index contributed by atoms with van der Waals surface area (Å²) >= 11 is 0. The molecule has 0 spiro atoms. The van der Waals surface area contributed by atoms with Crippen LogP contribution in [-0.2, 0) is 11.3 Å². The first-order valence-electron chi connectivity index (χ1n) is 7.29. The van der Waals surface area contributed by atoms with E-state index in [4.69, 9.17) is 0 Å². The van der Waals surface area contributed by atoms with Gasteiger partial charge in [-0.1, -0.05) is 13.0 Å². The number of pyridine rings is 1. The largest absolute Gasteiger partial charge is 0.353 e. The van der Waals surface area contributed by atoms with Crippen molar-refractivity contribution < 1.29 is 4.79 Å². The number of aromatic nitrogens is 1. The summed E-state index contributed by atoms with van der Waals surface area (Å²) in [7, 11) is 0. The van der Waals surface area contributed by atoms with Gasteiger partial charge in [-0.3, -0.25) is 9.59 Å². The molecule has 1 aromatic heterocycles. The number of amides is 1. The van der Waals surface area contributed by atoms with Gasteiger partial charge in [0, 0.05) is 31.9 Å². The number of nitrogens with zero attached hydrogens (tertiary/aromatic N) is 2. The van der Waals surface area contributed by atoms with Gasteiger partial charge in [-0.25, -0.2) is 0 Å². The molecule has 1 fully saturated rings. The second-order valence-electron chi connectivity index (χ2n) is 5.56. The van der Waals surface area contributed by atoms with Crippen LogP contribution in [0.5, 0.6) is 0 Å². The SMILES string of the molecule is C[C@H]1CCCN(CCNC(=O)Cn2ccccc2=O)C1. The highest BCUT2D eigenvalue weighted by Gasteiger charge is 2.15. The molecular formula is C15H23N3O2. The van der Waals surface area contributed by atoms with Gasteiger partial charge in [-0.2, -0.15) is 0 Å². The maximum atomic E-state index is 11.8. The fourth-order valence-corrected chi connectivity index (χ4v) is 2.65. The molecule has 0 bridgehead atoms. The molecule has 1 aliphatic heterocycles. The lowest BCUT2D eigenvalue weighted by atomic mass is 10.0. The van der Waals surface area contributed by atoms with Gasteiger partial charge in [0.25, 0.3) is 5.56 Å². The molecule has 1 N–H and O–H groups in total. The van der Waals surface area contributed by atoms with E-state index in [1.54, 1.807) is 18.3 Å². The van der Waals surface area contributed by atoms with Crippen LogP contribution in [0.15, 0.2) is 29.2 Å². The molecule has 1 amide bonds. The monoisotopic (exact) mass is 277 g/mol. The van der Waals surface area contributed by atoms with Crippen molar-refractivity contribution in [2.45, 2.75) is 26.3 Å². The van der Waals surface area contributed by atoms with Crippen LogP contribution in [0.2, 0.25) is 0 Å². The van der Waals surface area contributed by atoms with Gasteiger partial charge in [0.15, 0.2) is 0 Å². The Balaban J connectivity index is 1.70. The average Bonchev–Trinajstić information content (AvgIpc) is 2.41. The lowest BCUT2D eigenvalue weighted by Crippen LogP contribution is -2.41. The number of hydrogen-bond acceptors (Lipinski definition) is 3. The summed E-state index contributed by atoms with van der Waals surface area (Å²) in [5.74, 6) is 0.644. The van der Waals surface area contributed by atoms with E-state index in [1.165, 1.54) is 23.5 Å². The van der Waals surface area contributed by atoms with E-state index in [2.05, 4.69) is 17.1 Å². The van der Waals surface area contributed by atoms with E-state index in [9.17, 15) is 9.59 Å². The zero-order valence-electron chi connectivity index (χ0n) is 12.0. The Bertz CT molecular complexity index is 498. The number of hydrogen-bond donors (Lipinski definition) is 1. The van der Waals surface area contributed by atoms with Crippen LogP contribution < -0.4 is 10.9 Å². The fraction of sp³-hybridized carbons (Fsp3) is 0.600. The summed E-state index contributed by atoms with van der Waals surface area (Å²) in [6.45, 7) is 6.14. The van der Waals surface area contributed by atoms with Crippen molar-refractivity contribution in [1.82, 2.24) is 14.8 Å². The molecular weight excluding hydrogens is 254 g/mol. The Morgan fingerprint density at radius 1 is 1.45 bits per heavy atom. The number of piperidine rings is 1. The number of carbonyl (C=O) groups is 1. The summed E-state index contributed by atoms with van der Waals surface area (Å²) in [4.78, 5) is 25.7. The van der Waals surface area contributed by atoms with E-state index >= 15 is 0 Å². The smallest absolute Gasteiger partial charge is 0.250 e. The highest BCUT2D eigenvalue weighted by Crippen LogP contribution is 2.14. The minimum atomic E-state index is -0.146. The second kappa shape index (κ2) is 7.24. The Morgan fingerprint density at radius 2 is 2.30 bits per heavy atom. The molecule has 1 aliphatic rings. The van der Waals surface area contributed by atoms with Gasteiger partial charge in [0.1, 0.15) is 6.54 Å². The van der Waals surface area contributed by atoms with Crippen LogP contribution in [0.25, 0.3) is 0 Å². The topological polar surface area (TPSA) is 54.3 Å². The fourth-order valence-electron chi connectivity index (χ4n) is 2.65. The molecule has 5 nitrogen and oxygen atoms in total. The van der Waals surface area contributed by atoms with Gasteiger partial charge in [-0.05, 0) is 31.4 Å². The van der Waals surface area contributed by atoms with Crippen LogP contribution in [0, 0.1) is 5.92 Å². The standard InChI is InChI=1S/C15H23N3O2/c1-13-5-4-8-17(11-13)10-7-16-14(19)12-18-9-3-2-6-15(18)20/h2-3,6,9,13H,4-5,7-8,10-12H2,1H3,(H,16,19)/t13-/m0/s1. The summed E-state index contributed by atoms with van der Waals surface area (Å²) in [5, 5.41) is 2.88. The van der Waals surface area contributed by atoms with Gasteiger partial charge in [0.05, 0.1) is 0 Å². The average molecular weight is 277 g/mol. The van der Waals surface area contributed by atoms with E-state index in [0.29, 0.717) is 6.54 Å². The molecule has 1 atom stereocenters. The minimum Gasteiger partial charge on any atom is -0.353 e. The van der Waals surface area contributed by atoms with Crippen LogP contribution in [0.4, 0.5) is 0 Å². The summed E-state index contributed by atoms with van der Waals surface area (Å²) in [5.41, 5.74) is -0.146. The Kier molecular flexibility index (Phi) is 5.35. The molecule has 1 aromatic rings. The Labute approximate surface area is 119 Å². The van der Waals surface area contributed by atoms with Crippen LogP contribution in [0.3, 0.4) is 0 Å². The van der Waals surface area contributed by atoms with E-state index in [-0.39, 0.29) is 18.0 Å². The lowest BCUT2D eigenvalue weighted by molar-refractivity contribution is -0.121. The third-order valence-electron chi connectivity index (χ3n) is 3.70. The molecule has 0 aliphatic carbocycles. The minimum absolute atomic E-state index is 0.0933. The van der Waals surface area contributed by atoms with Crippen LogP contribution in [-0.4, -0.2) is 41.6 Å². The van der Waals surface area contributed by atoms with Crippen LogP contribution in [0.1, 0.15) is 19.8 Å². The Morgan fingerprint density at radius 3 is 3.05 bits per heavy atom. The molecule has 0 unspecified atom stereocenters. The first kappa shape index (κ1) is 14.8. The van der Waals surface area contributed by atoms with Crippen molar-refractivity contribution in [3.05, 3.63) is 34.7 Å². The summed E-state index contributed by atoms with van der Waals surface area (Å²) < 4.78 is 1.41. The van der Waals surface area contributed by atoms with Crippen molar-refractivity contribution in [3.8, 4) is 0 Å². The highest BCUT2D eigenvalue weighted by atomic mass is 16.2. The Hall–Kier alpha value is -1.62. The third kappa shape index (κ3) is 4.49. The quantitative estimate of drug-likeness (QED) is 0.862. The predicted octanol–water partition coefficient (Wildman–Crippen LogP) is 0.696. The third-order valence-corrected chi connectivity index (χ3v) is 3.70. The first-order chi connectivity index (χ1) is 9.65. The van der Waals surface area contributed by atoms with Gasteiger partial charge in [0.2, 0.25) is 5.91 Å². The number of carbonyl (C=O) groups excluding carboxylic acids is 1. The van der Waals surface area contributed by atoms with Crippen molar-refractivity contribution in [1.29, 1.82) is 0 Å². The highest BCUT2D eigenvalue weighted by molar-refractivity contribution is 5.75. The van der Waals surface area contributed by atoms with Crippen LogP contribution >= 0.6 is 0 Å². The molecule has 2 heterocycles. The maximum Gasteiger partial charge on any atom is 0.250 e. The van der Waals surface area contributed by atoms with Gasteiger partial charge in [-0.15, -0.1) is 0 Å². The van der Waals surface area contributed by atoms with E-state index < -0.39 is 0 Å². The molecule has 20 heavy (non-hydrogen) atoms. The molecule has 0 aromatic carbocycles.